The number of hydrogen-bond acceptors (Lipinski definition) is 3. The third-order valence-corrected chi connectivity index (χ3v) is 3.16. The average Bonchev–Trinajstić information content (AvgIpc) is 2.17. The highest BCUT2D eigenvalue weighted by atomic mass is 32.2. The van der Waals surface area contributed by atoms with Crippen LogP contribution in [0.5, 0.6) is 0 Å². The van der Waals surface area contributed by atoms with E-state index in [0.29, 0.717) is 0 Å². The van der Waals surface area contributed by atoms with Crippen LogP contribution in [0.4, 0.5) is 0 Å². The second-order valence-corrected chi connectivity index (χ2v) is 4.81. The number of aryl methyl sites for hydroxylation is 1. The van der Waals surface area contributed by atoms with Gasteiger partial charge < -0.3 is 5.73 Å². The van der Waals surface area contributed by atoms with Gasteiger partial charge in [0.15, 0.2) is 0 Å². The third kappa shape index (κ3) is 3.07. The standard InChI is InChI=1S/C10H11N3O2S/c1-8-2-4-9(5-3-8)16(14,15)13-10(12)6-7-11/h2-5H,6H2,1H3,(H2,12,13). The molecule has 1 rings (SSSR count). The maximum absolute atomic E-state index is 11.7. The predicted octanol–water partition coefficient (Wildman–Crippen LogP) is 0.955. The van der Waals surface area contributed by atoms with Crippen molar-refractivity contribution in [3.8, 4) is 6.07 Å². The van der Waals surface area contributed by atoms with E-state index in [1.165, 1.54) is 12.1 Å². The quantitative estimate of drug-likeness (QED) is 0.625. The van der Waals surface area contributed by atoms with Gasteiger partial charge in [-0.2, -0.15) is 13.7 Å². The molecule has 0 heterocycles. The summed E-state index contributed by atoms with van der Waals surface area (Å²) < 4.78 is 26.6. The molecular formula is C10H11N3O2S. The normalized spacial score (nSPS) is 12.1. The van der Waals surface area contributed by atoms with Crippen LogP contribution in [-0.2, 0) is 10.0 Å². The van der Waals surface area contributed by atoms with Gasteiger partial charge in [-0.3, -0.25) is 0 Å². The highest BCUT2D eigenvalue weighted by Gasteiger charge is 2.12. The fourth-order valence-electron chi connectivity index (χ4n) is 1.03. The molecule has 0 bridgehead atoms. The van der Waals surface area contributed by atoms with Crippen molar-refractivity contribution in [3.05, 3.63) is 29.8 Å². The number of hydrogen-bond donors (Lipinski definition) is 1. The first-order valence-corrected chi connectivity index (χ1v) is 5.92. The van der Waals surface area contributed by atoms with Gasteiger partial charge in [-0.1, -0.05) is 17.7 Å². The molecule has 0 fully saturated rings. The van der Waals surface area contributed by atoms with E-state index in [-0.39, 0.29) is 17.2 Å². The average molecular weight is 237 g/mol. The first kappa shape index (κ1) is 12.2. The molecule has 6 heteroatoms. The number of rotatable bonds is 3. The fourth-order valence-corrected chi connectivity index (χ4v) is 1.99. The van der Waals surface area contributed by atoms with Crippen molar-refractivity contribution in [2.75, 3.05) is 0 Å². The zero-order chi connectivity index (χ0) is 12.2. The summed E-state index contributed by atoms with van der Waals surface area (Å²) in [5.41, 5.74) is 6.24. The Bertz CT molecular complexity index is 538. The summed E-state index contributed by atoms with van der Waals surface area (Å²) in [5.74, 6) is -0.205. The Morgan fingerprint density at radius 3 is 2.50 bits per heavy atom. The molecule has 0 aliphatic heterocycles. The van der Waals surface area contributed by atoms with E-state index >= 15 is 0 Å². The summed E-state index contributed by atoms with van der Waals surface area (Å²) in [6, 6.07) is 7.97. The first-order chi connectivity index (χ1) is 7.45. The molecule has 84 valence electrons. The number of amidine groups is 1. The van der Waals surface area contributed by atoms with E-state index in [1.54, 1.807) is 18.2 Å². The molecular weight excluding hydrogens is 226 g/mol. The van der Waals surface area contributed by atoms with Gasteiger partial charge in [0.05, 0.1) is 17.4 Å². The molecule has 0 spiro atoms. The van der Waals surface area contributed by atoms with Crippen LogP contribution in [0.15, 0.2) is 33.6 Å². The lowest BCUT2D eigenvalue weighted by atomic mass is 10.2. The SMILES string of the molecule is Cc1ccc(S(=O)(=O)/N=C(\N)CC#N)cc1. The Morgan fingerprint density at radius 2 is 2.00 bits per heavy atom. The second kappa shape index (κ2) is 4.77. The van der Waals surface area contributed by atoms with Crippen LogP contribution in [0.2, 0.25) is 0 Å². The van der Waals surface area contributed by atoms with Gasteiger partial charge in [0, 0.05) is 0 Å². The van der Waals surface area contributed by atoms with E-state index in [9.17, 15) is 8.42 Å². The van der Waals surface area contributed by atoms with Crippen molar-refractivity contribution in [2.45, 2.75) is 18.2 Å². The largest absolute Gasteiger partial charge is 0.386 e. The van der Waals surface area contributed by atoms with Crippen molar-refractivity contribution in [2.24, 2.45) is 10.1 Å². The molecule has 2 N–H and O–H groups in total. The minimum absolute atomic E-state index is 0.0685. The van der Waals surface area contributed by atoms with Crippen molar-refractivity contribution >= 4 is 15.9 Å². The number of nitrogens with zero attached hydrogens (tertiary/aromatic N) is 2. The molecule has 0 saturated heterocycles. The Hall–Kier alpha value is -1.87. The number of nitrogens with two attached hydrogens (primary N) is 1. The monoisotopic (exact) mass is 237 g/mol. The number of sulfonamides is 1. The summed E-state index contributed by atoms with van der Waals surface area (Å²) in [4.78, 5) is 0.0685. The summed E-state index contributed by atoms with van der Waals surface area (Å²) in [5, 5.41) is 8.33. The predicted molar refractivity (Wildman–Crippen MR) is 60.2 cm³/mol. The lowest BCUT2D eigenvalue weighted by molar-refractivity contribution is 0.598. The first-order valence-electron chi connectivity index (χ1n) is 4.48. The van der Waals surface area contributed by atoms with Crippen LogP contribution < -0.4 is 5.73 Å². The van der Waals surface area contributed by atoms with Crippen molar-refractivity contribution in [3.63, 3.8) is 0 Å². The maximum Gasteiger partial charge on any atom is 0.283 e. The van der Waals surface area contributed by atoms with Gasteiger partial charge in [0.25, 0.3) is 10.0 Å². The van der Waals surface area contributed by atoms with E-state index < -0.39 is 10.0 Å². The third-order valence-electron chi connectivity index (χ3n) is 1.82. The molecule has 0 unspecified atom stereocenters. The van der Waals surface area contributed by atoms with E-state index in [0.717, 1.165) is 5.56 Å². The Labute approximate surface area is 94.3 Å². The van der Waals surface area contributed by atoms with Crippen molar-refractivity contribution in [1.29, 1.82) is 5.26 Å². The summed E-state index contributed by atoms with van der Waals surface area (Å²) in [6.07, 6.45) is -0.203. The zero-order valence-corrected chi connectivity index (χ0v) is 9.53. The lowest BCUT2D eigenvalue weighted by Gasteiger charge is -2.00. The van der Waals surface area contributed by atoms with Crippen LogP contribution >= 0.6 is 0 Å². The van der Waals surface area contributed by atoms with Crippen LogP contribution in [0.3, 0.4) is 0 Å². The summed E-state index contributed by atoms with van der Waals surface area (Å²) >= 11 is 0. The van der Waals surface area contributed by atoms with Gasteiger partial charge in [-0.05, 0) is 19.1 Å². The maximum atomic E-state index is 11.7. The molecule has 0 radical (unpaired) electrons. The molecule has 0 aliphatic carbocycles. The van der Waals surface area contributed by atoms with Crippen LogP contribution in [0.25, 0.3) is 0 Å². The second-order valence-electron chi connectivity index (χ2n) is 3.21. The zero-order valence-electron chi connectivity index (χ0n) is 8.71. The molecule has 0 saturated carbocycles. The number of benzene rings is 1. The van der Waals surface area contributed by atoms with Gasteiger partial charge in [-0.15, -0.1) is 4.40 Å². The Kier molecular flexibility index (Phi) is 3.64. The van der Waals surface area contributed by atoms with E-state index in [2.05, 4.69) is 4.40 Å². The van der Waals surface area contributed by atoms with Gasteiger partial charge in [0.1, 0.15) is 5.84 Å². The van der Waals surface area contributed by atoms with Gasteiger partial charge in [0.2, 0.25) is 0 Å². The minimum Gasteiger partial charge on any atom is -0.386 e. The smallest absolute Gasteiger partial charge is 0.283 e. The molecule has 0 atom stereocenters. The summed E-state index contributed by atoms with van der Waals surface area (Å²) in [7, 11) is -3.79. The van der Waals surface area contributed by atoms with Crippen LogP contribution in [-0.4, -0.2) is 14.3 Å². The van der Waals surface area contributed by atoms with E-state index in [1.807, 2.05) is 6.92 Å². The molecule has 5 nitrogen and oxygen atoms in total. The lowest BCUT2D eigenvalue weighted by Crippen LogP contribution is -2.13. The molecule has 1 aromatic rings. The fraction of sp³-hybridized carbons (Fsp3) is 0.200. The van der Waals surface area contributed by atoms with Gasteiger partial charge >= 0.3 is 0 Å². The molecule has 0 aliphatic rings. The topological polar surface area (TPSA) is 96.3 Å². The van der Waals surface area contributed by atoms with Crippen molar-refractivity contribution < 1.29 is 8.42 Å². The highest BCUT2D eigenvalue weighted by Crippen LogP contribution is 2.13. The minimum atomic E-state index is -3.79. The Balaban J connectivity index is 3.09. The molecule has 16 heavy (non-hydrogen) atoms. The molecule has 0 aromatic heterocycles. The molecule has 0 amide bonds. The summed E-state index contributed by atoms with van der Waals surface area (Å²) in [6.45, 7) is 1.85. The van der Waals surface area contributed by atoms with Crippen LogP contribution in [0.1, 0.15) is 12.0 Å². The van der Waals surface area contributed by atoms with E-state index in [4.69, 9.17) is 11.0 Å². The van der Waals surface area contributed by atoms with Crippen LogP contribution in [0, 0.1) is 18.3 Å². The number of nitriles is 1. The van der Waals surface area contributed by atoms with Crippen molar-refractivity contribution in [1.82, 2.24) is 0 Å². The van der Waals surface area contributed by atoms with Gasteiger partial charge in [-0.25, -0.2) is 0 Å². The highest BCUT2D eigenvalue weighted by molar-refractivity contribution is 7.90. The molecule has 1 aromatic carbocycles. The Morgan fingerprint density at radius 1 is 1.44 bits per heavy atom.